The summed E-state index contributed by atoms with van der Waals surface area (Å²) in [5, 5.41) is 18.1. The minimum Gasteiger partial charge on any atom is -0.507 e. The van der Waals surface area contributed by atoms with Crippen LogP contribution in [0.5, 0.6) is 5.75 Å². The van der Waals surface area contributed by atoms with Gasteiger partial charge in [-0.1, -0.05) is 60.7 Å². The number of fused-ring (bicyclic) bond motifs is 1. The van der Waals surface area contributed by atoms with Gasteiger partial charge in [-0.3, -0.25) is 4.79 Å². The lowest BCUT2D eigenvalue weighted by molar-refractivity contribution is -0.117. The summed E-state index contributed by atoms with van der Waals surface area (Å²) in [6.45, 7) is 0. The molecular formula is C23H17N3O2. The molecule has 0 bridgehead atoms. The second-order valence-electron chi connectivity index (χ2n) is 6.72. The lowest BCUT2D eigenvalue weighted by atomic mass is 10.1. The number of phenols is 1. The van der Waals surface area contributed by atoms with Gasteiger partial charge in [0.1, 0.15) is 5.75 Å². The Labute approximate surface area is 161 Å². The Hall–Kier alpha value is -3.86. The highest BCUT2D eigenvalue weighted by atomic mass is 16.3. The highest BCUT2D eigenvalue weighted by Gasteiger charge is 2.34. The van der Waals surface area contributed by atoms with E-state index < -0.39 is 6.04 Å². The first kappa shape index (κ1) is 16.3. The Kier molecular flexibility index (Phi) is 3.72. The Balaban J connectivity index is 1.74. The number of amides is 1. The number of carbonyl (C=O) groups is 1. The molecule has 0 fully saturated rings. The predicted octanol–water partition coefficient (Wildman–Crippen LogP) is 4.46. The second-order valence-corrected chi connectivity index (χ2v) is 6.72. The monoisotopic (exact) mass is 367 g/mol. The third-order valence-corrected chi connectivity index (χ3v) is 4.99. The number of benzene rings is 3. The summed E-state index contributed by atoms with van der Waals surface area (Å²) in [5.41, 5.74) is 4.67. The molecule has 5 nitrogen and oxygen atoms in total. The van der Waals surface area contributed by atoms with E-state index in [2.05, 4.69) is 5.32 Å². The largest absolute Gasteiger partial charge is 0.507 e. The molecule has 3 aromatic carbocycles. The van der Waals surface area contributed by atoms with E-state index >= 15 is 0 Å². The molecule has 28 heavy (non-hydrogen) atoms. The average Bonchev–Trinajstić information content (AvgIpc) is 3.29. The van der Waals surface area contributed by atoms with Crippen molar-refractivity contribution in [3.05, 3.63) is 90.5 Å². The first-order valence-electron chi connectivity index (χ1n) is 9.05. The van der Waals surface area contributed by atoms with Gasteiger partial charge in [-0.15, -0.1) is 0 Å². The minimum atomic E-state index is -0.594. The molecule has 1 aliphatic rings. The molecule has 5 heteroatoms. The third-order valence-electron chi connectivity index (χ3n) is 4.99. The fourth-order valence-electron chi connectivity index (χ4n) is 3.67. The summed E-state index contributed by atoms with van der Waals surface area (Å²) >= 11 is 0. The van der Waals surface area contributed by atoms with Crippen molar-refractivity contribution < 1.29 is 9.90 Å². The second kappa shape index (κ2) is 6.39. The van der Waals surface area contributed by atoms with Crippen LogP contribution in [0.3, 0.4) is 0 Å². The zero-order chi connectivity index (χ0) is 19.1. The number of aromatic hydroxyl groups is 1. The summed E-state index contributed by atoms with van der Waals surface area (Å²) in [7, 11) is 0. The fraction of sp³-hybridized carbons (Fsp3) is 0.0435. The van der Waals surface area contributed by atoms with Crippen LogP contribution >= 0.6 is 0 Å². The Morgan fingerprint density at radius 1 is 0.893 bits per heavy atom. The first-order chi connectivity index (χ1) is 13.7. The number of rotatable bonds is 3. The number of para-hydroxylation sites is 2. The van der Waals surface area contributed by atoms with E-state index in [4.69, 9.17) is 5.10 Å². The van der Waals surface area contributed by atoms with Gasteiger partial charge in [-0.2, -0.15) is 5.10 Å². The molecule has 0 spiro atoms. The van der Waals surface area contributed by atoms with E-state index in [1.807, 2.05) is 72.8 Å². The zero-order valence-corrected chi connectivity index (χ0v) is 14.9. The summed E-state index contributed by atoms with van der Waals surface area (Å²) in [5.74, 6) is 0.00975. The maximum absolute atomic E-state index is 12.8. The third kappa shape index (κ3) is 2.56. The van der Waals surface area contributed by atoms with E-state index in [1.165, 1.54) is 0 Å². The molecule has 5 rings (SSSR count). The van der Waals surface area contributed by atoms with Gasteiger partial charge in [0.15, 0.2) is 6.04 Å². The average molecular weight is 367 g/mol. The van der Waals surface area contributed by atoms with E-state index in [9.17, 15) is 9.90 Å². The SMILES string of the molecule is O=C1Nc2ccccc2[C@H]1n1nc(-c2ccccc2)cc1-c1ccccc1O. The van der Waals surface area contributed by atoms with Gasteiger partial charge in [0.25, 0.3) is 5.91 Å². The molecule has 4 aromatic rings. The quantitative estimate of drug-likeness (QED) is 0.562. The molecule has 136 valence electrons. The molecule has 1 aliphatic heterocycles. The van der Waals surface area contributed by atoms with Crippen LogP contribution in [-0.4, -0.2) is 20.8 Å². The van der Waals surface area contributed by atoms with Gasteiger partial charge in [-0.05, 0) is 24.3 Å². The zero-order valence-electron chi connectivity index (χ0n) is 14.9. The maximum atomic E-state index is 12.8. The number of hydrogen-bond donors (Lipinski definition) is 2. The molecule has 0 saturated heterocycles. The van der Waals surface area contributed by atoms with Gasteiger partial charge in [0.2, 0.25) is 0 Å². The van der Waals surface area contributed by atoms with Crippen molar-refractivity contribution in [2.75, 3.05) is 5.32 Å². The summed E-state index contributed by atoms with van der Waals surface area (Å²) < 4.78 is 1.71. The van der Waals surface area contributed by atoms with Gasteiger partial charge < -0.3 is 10.4 Å². The number of nitrogens with zero attached hydrogens (tertiary/aromatic N) is 2. The van der Waals surface area contributed by atoms with Crippen molar-refractivity contribution in [2.24, 2.45) is 0 Å². The van der Waals surface area contributed by atoms with Crippen LogP contribution in [0.2, 0.25) is 0 Å². The van der Waals surface area contributed by atoms with Gasteiger partial charge in [0.05, 0.1) is 11.4 Å². The van der Waals surface area contributed by atoms with Gasteiger partial charge in [-0.25, -0.2) is 4.68 Å². The molecule has 0 unspecified atom stereocenters. The van der Waals surface area contributed by atoms with Crippen LogP contribution in [-0.2, 0) is 4.79 Å². The molecule has 0 radical (unpaired) electrons. The highest BCUT2D eigenvalue weighted by Crippen LogP contribution is 2.39. The van der Waals surface area contributed by atoms with E-state index in [0.717, 1.165) is 22.5 Å². The summed E-state index contributed by atoms with van der Waals surface area (Å²) in [6, 6.07) is 25.8. The van der Waals surface area contributed by atoms with Crippen LogP contribution in [0.15, 0.2) is 84.9 Å². The van der Waals surface area contributed by atoms with Crippen molar-refractivity contribution in [3.63, 3.8) is 0 Å². The van der Waals surface area contributed by atoms with Crippen molar-refractivity contribution in [1.82, 2.24) is 9.78 Å². The van der Waals surface area contributed by atoms with Crippen LogP contribution in [0.4, 0.5) is 5.69 Å². The van der Waals surface area contributed by atoms with Crippen LogP contribution in [0, 0.1) is 0 Å². The summed E-state index contributed by atoms with van der Waals surface area (Å²) in [6.07, 6.45) is 0. The molecule has 2 heterocycles. The summed E-state index contributed by atoms with van der Waals surface area (Å²) in [4.78, 5) is 12.8. The fourth-order valence-corrected chi connectivity index (χ4v) is 3.67. The van der Waals surface area contributed by atoms with Crippen molar-refractivity contribution in [2.45, 2.75) is 6.04 Å². The lowest BCUT2D eigenvalue weighted by Crippen LogP contribution is -2.21. The van der Waals surface area contributed by atoms with E-state index in [-0.39, 0.29) is 11.7 Å². The number of hydrogen-bond acceptors (Lipinski definition) is 3. The van der Waals surface area contributed by atoms with Crippen LogP contribution < -0.4 is 5.32 Å². The lowest BCUT2D eigenvalue weighted by Gasteiger charge is -2.14. The molecule has 1 aromatic heterocycles. The highest BCUT2D eigenvalue weighted by molar-refractivity contribution is 6.03. The number of aromatic nitrogens is 2. The molecular weight excluding hydrogens is 350 g/mol. The normalized spacial score (nSPS) is 15.3. The van der Waals surface area contributed by atoms with Crippen molar-refractivity contribution in [3.8, 4) is 28.3 Å². The van der Waals surface area contributed by atoms with Crippen molar-refractivity contribution >= 4 is 11.6 Å². The maximum Gasteiger partial charge on any atom is 0.253 e. The van der Waals surface area contributed by atoms with E-state index in [1.54, 1.807) is 16.8 Å². The van der Waals surface area contributed by atoms with Crippen LogP contribution in [0.25, 0.3) is 22.5 Å². The topological polar surface area (TPSA) is 67.2 Å². The van der Waals surface area contributed by atoms with E-state index in [0.29, 0.717) is 11.3 Å². The van der Waals surface area contributed by atoms with Gasteiger partial charge in [0, 0.05) is 22.4 Å². The molecule has 1 atom stereocenters. The Morgan fingerprint density at radius 2 is 1.61 bits per heavy atom. The van der Waals surface area contributed by atoms with Gasteiger partial charge >= 0.3 is 0 Å². The first-order valence-corrected chi connectivity index (χ1v) is 9.05. The predicted molar refractivity (Wildman–Crippen MR) is 108 cm³/mol. The van der Waals surface area contributed by atoms with Crippen molar-refractivity contribution in [1.29, 1.82) is 0 Å². The Bertz CT molecular complexity index is 1180. The smallest absolute Gasteiger partial charge is 0.253 e. The molecule has 2 N–H and O–H groups in total. The number of anilines is 1. The number of phenolic OH excluding ortho intramolecular Hbond substituents is 1. The minimum absolute atomic E-state index is 0.138. The van der Waals surface area contributed by atoms with Crippen LogP contribution in [0.1, 0.15) is 11.6 Å². The standard InChI is InChI=1S/C23H17N3O2/c27-21-13-7-5-11-17(21)20-14-19(15-8-2-1-3-9-15)25-26(20)22-16-10-4-6-12-18(16)24-23(22)28/h1-14,22,27H,(H,24,28)/t22-/m1/s1. The molecule has 0 saturated carbocycles. The number of nitrogens with one attached hydrogen (secondary N) is 1. The number of carbonyl (C=O) groups excluding carboxylic acids is 1. The molecule has 1 amide bonds. The Morgan fingerprint density at radius 3 is 2.43 bits per heavy atom. The molecule has 0 aliphatic carbocycles.